The zero-order chi connectivity index (χ0) is 23.4. The fraction of sp³-hybridized carbons (Fsp3) is 0.423. The Bertz CT molecular complexity index is 850. The standard InChI is InChI=1S/C24H33N3O2.C2H6/c1-5-18-11-21(13-27-16-24(2,3)29)22(15-28)12-20(18)10-17-6-8-19(9-7-17)23(25)14-26-4;1-2/h6-9,11-12,14-15,26-27,29H,5,10,13,16,25H2,1-4H3;1-2H3/b23-14-;. The lowest BCUT2D eigenvalue weighted by Crippen LogP contribution is -2.34. The number of nitrogens with one attached hydrogen (secondary N) is 2. The van der Waals surface area contributed by atoms with Gasteiger partial charge in [-0.2, -0.15) is 0 Å². The van der Waals surface area contributed by atoms with Crippen LogP contribution >= 0.6 is 0 Å². The largest absolute Gasteiger partial charge is 0.397 e. The van der Waals surface area contributed by atoms with Gasteiger partial charge in [-0.3, -0.25) is 4.79 Å². The van der Waals surface area contributed by atoms with Crippen LogP contribution in [0.1, 0.15) is 72.8 Å². The maximum Gasteiger partial charge on any atom is 0.150 e. The summed E-state index contributed by atoms with van der Waals surface area (Å²) in [5, 5.41) is 16.0. The van der Waals surface area contributed by atoms with Gasteiger partial charge in [0.1, 0.15) is 6.29 Å². The third-order valence-corrected chi connectivity index (χ3v) is 4.82. The SMILES string of the molecule is CC.CCc1cc(CNCC(C)(C)O)c(C=O)cc1Cc1ccc(/C(N)=C/NC)cc1. The van der Waals surface area contributed by atoms with Gasteiger partial charge in [0.15, 0.2) is 0 Å². The molecule has 0 atom stereocenters. The summed E-state index contributed by atoms with van der Waals surface area (Å²) in [7, 11) is 1.82. The quantitative estimate of drug-likeness (QED) is 0.432. The van der Waals surface area contributed by atoms with E-state index in [0.29, 0.717) is 24.4 Å². The van der Waals surface area contributed by atoms with Crippen molar-refractivity contribution < 1.29 is 9.90 Å². The number of carbonyl (C=O) groups excluding carboxylic acids is 1. The summed E-state index contributed by atoms with van der Waals surface area (Å²) in [5.41, 5.74) is 12.1. The van der Waals surface area contributed by atoms with E-state index in [1.54, 1.807) is 20.0 Å². The number of rotatable bonds is 10. The van der Waals surface area contributed by atoms with E-state index < -0.39 is 5.60 Å². The molecule has 0 radical (unpaired) electrons. The van der Waals surface area contributed by atoms with Crippen LogP contribution in [0.25, 0.3) is 5.70 Å². The molecule has 170 valence electrons. The molecule has 0 bridgehead atoms. The number of aryl methyl sites for hydroxylation is 1. The molecule has 2 aromatic rings. The Balaban J connectivity index is 0.00000233. The molecule has 0 aliphatic rings. The highest BCUT2D eigenvalue weighted by molar-refractivity contribution is 5.78. The maximum absolute atomic E-state index is 11.7. The van der Waals surface area contributed by atoms with Crippen LogP contribution in [0.3, 0.4) is 0 Å². The van der Waals surface area contributed by atoms with E-state index in [1.165, 1.54) is 11.1 Å². The summed E-state index contributed by atoms with van der Waals surface area (Å²) in [5.74, 6) is 0. The first-order valence-electron chi connectivity index (χ1n) is 11.0. The lowest BCUT2D eigenvalue weighted by Gasteiger charge is -2.19. The molecule has 5 nitrogen and oxygen atoms in total. The highest BCUT2D eigenvalue weighted by Gasteiger charge is 2.13. The zero-order valence-electron chi connectivity index (χ0n) is 19.9. The number of aliphatic hydroxyl groups is 1. The van der Waals surface area contributed by atoms with E-state index in [4.69, 9.17) is 5.73 Å². The van der Waals surface area contributed by atoms with Crippen molar-refractivity contribution in [1.82, 2.24) is 10.6 Å². The topological polar surface area (TPSA) is 87.4 Å². The highest BCUT2D eigenvalue weighted by atomic mass is 16.3. The fourth-order valence-corrected chi connectivity index (χ4v) is 3.29. The van der Waals surface area contributed by atoms with E-state index in [-0.39, 0.29) is 0 Å². The number of carbonyl (C=O) groups is 1. The molecule has 0 spiro atoms. The Morgan fingerprint density at radius 1 is 1.10 bits per heavy atom. The monoisotopic (exact) mass is 425 g/mol. The van der Waals surface area contributed by atoms with Crippen LogP contribution in [0, 0.1) is 0 Å². The smallest absolute Gasteiger partial charge is 0.150 e. The molecule has 0 unspecified atom stereocenters. The average Bonchev–Trinajstić information content (AvgIpc) is 2.75. The molecular formula is C26H39N3O2. The molecule has 0 amide bonds. The number of aldehydes is 1. The van der Waals surface area contributed by atoms with Gasteiger partial charge < -0.3 is 21.5 Å². The first kappa shape index (κ1) is 26.4. The van der Waals surface area contributed by atoms with Crippen LogP contribution in [0.4, 0.5) is 0 Å². The fourth-order valence-electron chi connectivity index (χ4n) is 3.29. The third-order valence-electron chi connectivity index (χ3n) is 4.82. The van der Waals surface area contributed by atoms with E-state index in [1.807, 2.05) is 39.1 Å². The van der Waals surface area contributed by atoms with Gasteiger partial charge >= 0.3 is 0 Å². The number of benzene rings is 2. The van der Waals surface area contributed by atoms with E-state index in [9.17, 15) is 9.90 Å². The summed E-state index contributed by atoms with van der Waals surface area (Å²) in [4.78, 5) is 11.7. The second-order valence-electron chi connectivity index (χ2n) is 7.97. The molecule has 0 aliphatic heterocycles. The van der Waals surface area contributed by atoms with Crippen LogP contribution < -0.4 is 16.4 Å². The molecule has 2 aromatic carbocycles. The van der Waals surface area contributed by atoms with Crippen molar-refractivity contribution in [2.45, 2.75) is 59.6 Å². The van der Waals surface area contributed by atoms with Crippen LogP contribution in [-0.4, -0.2) is 30.6 Å². The zero-order valence-corrected chi connectivity index (χ0v) is 19.9. The maximum atomic E-state index is 11.7. The van der Waals surface area contributed by atoms with Gasteiger partial charge in [0, 0.05) is 31.9 Å². The van der Waals surface area contributed by atoms with E-state index in [2.05, 4.69) is 35.8 Å². The Morgan fingerprint density at radius 2 is 1.74 bits per heavy atom. The predicted octanol–water partition coefficient (Wildman–Crippen LogP) is 4.02. The first-order valence-corrected chi connectivity index (χ1v) is 11.0. The summed E-state index contributed by atoms with van der Waals surface area (Å²) in [6.45, 7) is 10.7. The van der Waals surface area contributed by atoms with Gasteiger partial charge in [0.05, 0.1) is 11.3 Å². The minimum Gasteiger partial charge on any atom is -0.397 e. The van der Waals surface area contributed by atoms with Crippen LogP contribution in [0.15, 0.2) is 42.6 Å². The number of hydrogen-bond acceptors (Lipinski definition) is 5. The van der Waals surface area contributed by atoms with Crippen molar-refractivity contribution in [2.75, 3.05) is 13.6 Å². The van der Waals surface area contributed by atoms with Gasteiger partial charge in [-0.05, 0) is 60.6 Å². The number of nitrogens with two attached hydrogens (primary N) is 1. The summed E-state index contributed by atoms with van der Waals surface area (Å²) >= 11 is 0. The van der Waals surface area contributed by atoms with Crippen LogP contribution in [0.2, 0.25) is 0 Å². The van der Waals surface area contributed by atoms with Gasteiger partial charge in [0.2, 0.25) is 0 Å². The minimum atomic E-state index is -0.785. The molecular weight excluding hydrogens is 386 g/mol. The molecule has 31 heavy (non-hydrogen) atoms. The molecule has 5 N–H and O–H groups in total. The lowest BCUT2D eigenvalue weighted by atomic mass is 9.92. The summed E-state index contributed by atoms with van der Waals surface area (Å²) in [6.07, 6.45) is 4.34. The average molecular weight is 426 g/mol. The van der Waals surface area contributed by atoms with Gasteiger partial charge in [0.25, 0.3) is 0 Å². The Labute approximate surface area is 187 Å². The van der Waals surface area contributed by atoms with Crippen molar-refractivity contribution in [2.24, 2.45) is 5.73 Å². The molecule has 0 fully saturated rings. The predicted molar refractivity (Wildman–Crippen MR) is 131 cm³/mol. The molecule has 0 heterocycles. The van der Waals surface area contributed by atoms with Crippen molar-refractivity contribution in [1.29, 1.82) is 0 Å². The van der Waals surface area contributed by atoms with E-state index >= 15 is 0 Å². The Hall–Kier alpha value is -2.63. The van der Waals surface area contributed by atoms with Crippen LogP contribution in [-0.2, 0) is 19.4 Å². The molecule has 0 aromatic heterocycles. The summed E-state index contributed by atoms with van der Waals surface area (Å²) in [6, 6.07) is 12.3. The summed E-state index contributed by atoms with van der Waals surface area (Å²) < 4.78 is 0. The Kier molecular flexibility index (Phi) is 11.0. The second-order valence-corrected chi connectivity index (χ2v) is 7.97. The second kappa shape index (κ2) is 12.9. The van der Waals surface area contributed by atoms with Crippen LogP contribution in [0.5, 0.6) is 0 Å². The first-order chi connectivity index (χ1) is 14.8. The lowest BCUT2D eigenvalue weighted by molar-refractivity contribution is 0.0795. The number of hydrogen-bond donors (Lipinski definition) is 4. The molecule has 0 saturated carbocycles. The Morgan fingerprint density at radius 3 is 2.26 bits per heavy atom. The van der Waals surface area contributed by atoms with Gasteiger partial charge in [-0.15, -0.1) is 0 Å². The minimum absolute atomic E-state index is 0.464. The third kappa shape index (κ3) is 8.56. The molecule has 0 saturated heterocycles. The van der Waals surface area contributed by atoms with Gasteiger partial charge in [-0.25, -0.2) is 0 Å². The van der Waals surface area contributed by atoms with Gasteiger partial charge in [-0.1, -0.05) is 51.1 Å². The van der Waals surface area contributed by atoms with Crippen molar-refractivity contribution >= 4 is 12.0 Å². The van der Waals surface area contributed by atoms with Crippen molar-refractivity contribution in [3.05, 3.63) is 76.0 Å². The normalized spacial score (nSPS) is 11.5. The molecule has 5 heteroatoms. The highest BCUT2D eigenvalue weighted by Crippen LogP contribution is 2.21. The molecule has 2 rings (SSSR count). The van der Waals surface area contributed by atoms with E-state index in [0.717, 1.165) is 35.8 Å². The van der Waals surface area contributed by atoms with Crippen molar-refractivity contribution in [3.63, 3.8) is 0 Å². The van der Waals surface area contributed by atoms with Crippen molar-refractivity contribution in [3.8, 4) is 0 Å². The molecule has 0 aliphatic carbocycles.